The maximum absolute atomic E-state index is 12.5. The van der Waals surface area contributed by atoms with Crippen LogP contribution in [0.4, 0.5) is 0 Å². The van der Waals surface area contributed by atoms with Gasteiger partial charge in [-0.05, 0) is 42.2 Å². The molecule has 102 valence electrons. The summed E-state index contributed by atoms with van der Waals surface area (Å²) in [5.41, 5.74) is 2.74. The molecular weight excluding hydrogens is 272 g/mol. The fraction of sp³-hybridized carbons (Fsp3) is 0.235. The summed E-state index contributed by atoms with van der Waals surface area (Å²) in [7, 11) is 0. The Morgan fingerprint density at radius 3 is 2.90 bits per heavy atom. The number of hydrogen-bond acceptors (Lipinski definition) is 2. The lowest BCUT2D eigenvalue weighted by Crippen LogP contribution is -2.14. The number of carbonyl (C=O) groups is 1. The van der Waals surface area contributed by atoms with E-state index in [1.54, 1.807) is 0 Å². The predicted octanol–water partition coefficient (Wildman–Crippen LogP) is 4.09. The molecule has 0 saturated carbocycles. The molecule has 0 bridgehead atoms. The van der Waals surface area contributed by atoms with Gasteiger partial charge >= 0.3 is 0 Å². The van der Waals surface area contributed by atoms with E-state index < -0.39 is 0 Å². The van der Waals surface area contributed by atoms with Gasteiger partial charge in [0.05, 0.1) is 12.2 Å². The van der Waals surface area contributed by atoms with Crippen LogP contribution in [-0.2, 0) is 12.8 Å². The van der Waals surface area contributed by atoms with Gasteiger partial charge in [0.25, 0.3) is 0 Å². The molecule has 2 aromatic rings. The highest BCUT2D eigenvalue weighted by molar-refractivity contribution is 6.30. The number of halogens is 1. The van der Waals surface area contributed by atoms with Crippen LogP contribution in [-0.4, -0.2) is 12.4 Å². The number of aryl methyl sites for hydroxylation is 1. The number of fused-ring (bicyclic) bond motifs is 1. The van der Waals surface area contributed by atoms with E-state index in [1.165, 1.54) is 0 Å². The summed E-state index contributed by atoms with van der Waals surface area (Å²) in [6, 6.07) is 13.2. The third-order valence-electron chi connectivity index (χ3n) is 3.49. The van der Waals surface area contributed by atoms with Gasteiger partial charge in [-0.15, -0.1) is 0 Å². The molecular formula is C17H15ClO2. The zero-order valence-electron chi connectivity index (χ0n) is 11.1. The highest BCUT2D eigenvalue weighted by Gasteiger charge is 2.19. The first-order chi connectivity index (χ1) is 9.74. The second kappa shape index (κ2) is 5.68. The molecule has 20 heavy (non-hydrogen) atoms. The highest BCUT2D eigenvalue weighted by Crippen LogP contribution is 2.29. The van der Waals surface area contributed by atoms with Crippen molar-refractivity contribution in [3.05, 3.63) is 64.2 Å². The van der Waals surface area contributed by atoms with Gasteiger partial charge in [-0.1, -0.05) is 35.9 Å². The SMILES string of the molecule is O=C(Cc1cccc(Cl)c1)c1cccc2c1OCCC2. The second-order valence-corrected chi connectivity index (χ2v) is 5.41. The minimum absolute atomic E-state index is 0.0750. The number of para-hydroxylation sites is 1. The number of ether oxygens (including phenoxy) is 1. The molecule has 0 unspecified atom stereocenters. The van der Waals surface area contributed by atoms with Crippen LogP contribution in [0.25, 0.3) is 0 Å². The Bertz CT molecular complexity index is 649. The summed E-state index contributed by atoms with van der Waals surface area (Å²) in [6.45, 7) is 0.689. The van der Waals surface area contributed by atoms with Crippen LogP contribution < -0.4 is 4.74 Å². The van der Waals surface area contributed by atoms with Gasteiger partial charge in [-0.2, -0.15) is 0 Å². The number of rotatable bonds is 3. The average molecular weight is 287 g/mol. The van der Waals surface area contributed by atoms with Crippen LogP contribution in [0.5, 0.6) is 5.75 Å². The maximum atomic E-state index is 12.5. The molecule has 2 nitrogen and oxygen atoms in total. The molecule has 0 atom stereocenters. The van der Waals surface area contributed by atoms with Crippen molar-refractivity contribution in [1.82, 2.24) is 0 Å². The van der Waals surface area contributed by atoms with Crippen molar-refractivity contribution in [3.8, 4) is 5.75 Å². The standard InChI is InChI=1S/C17H15ClO2/c18-14-7-1-4-12(10-14)11-16(19)15-8-2-5-13-6-3-9-20-17(13)15/h1-2,4-5,7-8,10H,3,6,9,11H2. The van der Waals surface area contributed by atoms with Crippen LogP contribution in [0.2, 0.25) is 5.02 Å². The lowest BCUT2D eigenvalue weighted by molar-refractivity contribution is 0.0988. The minimum Gasteiger partial charge on any atom is -0.493 e. The Hall–Kier alpha value is -1.80. The van der Waals surface area contributed by atoms with Crippen LogP contribution in [0.1, 0.15) is 27.9 Å². The molecule has 1 aliphatic heterocycles. The van der Waals surface area contributed by atoms with E-state index in [0.29, 0.717) is 23.6 Å². The van der Waals surface area contributed by atoms with E-state index in [2.05, 4.69) is 0 Å². The minimum atomic E-state index is 0.0750. The van der Waals surface area contributed by atoms with Gasteiger partial charge in [-0.25, -0.2) is 0 Å². The zero-order chi connectivity index (χ0) is 13.9. The predicted molar refractivity (Wildman–Crippen MR) is 79.7 cm³/mol. The molecule has 0 spiro atoms. The molecule has 0 N–H and O–H groups in total. The normalized spacial score (nSPS) is 13.4. The average Bonchev–Trinajstić information content (AvgIpc) is 2.46. The zero-order valence-corrected chi connectivity index (χ0v) is 11.8. The molecule has 0 fully saturated rings. The van der Waals surface area contributed by atoms with Crippen LogP contribution in [0.15, 0.2) is 42.5 Å². The fourth-order valence-corrected chi connectivity index (χ4v) is 2.75. The summed E-state index contributed by atoms with van der Waals surface area (Å²) >= 11 is 5.95. The van der Waals surface area contributed by atoms with E-state index >= 15 is 0 Å². The molecule has 3 rings (SSSR count). The van der Waals surface area contributed by atoms with E-state index in [9.17, 15) is 4.79 Å². The molecule has 3 heteroatoms. The number of Topliss-reactive ketones (excluding diaryl/α,β-unsaturated/α-hetero) is 1. The summed E-state index contributed by atoms with van der Waals surface area (Å²) in [4.78, 5) is 12.5. The summed E-state index contributed by atoms with van der Waals surface area (Å²) < 4.78 is 5.69. The van der Waals surface area contributed by atoms with E-state index in [4.69, 9.17) is 16.3 Å². The number of carbonyl (C=O) groups excluding carboxylic acids is 1. The fourth-order valence-electron chi connectivity index (χ4n) is 2.54. The number of ketones is 1. The Labute approximate surface area is 123 Å². The van der Waals surface area contributed by atoms with Gasteiger partial charge in [-0.3, -0.25) is 4.79 Å². The topological polar surface area (TPSA) is 26.3 Å². The van der Waals surface area contributed by atoms with Gasteiger partial charge in [0.1, 0.15) is 5.75 Å². The van der Waals surface area contributed by atoms with Crippen molar-refractivity contribution >= 4 is 17.4 Å². The molecule has 1 aliphatic rings. The first-order valence-electron chi connectivity index (χ1n) is 6.76. The van der Waals surface area contributed by atoms with Crippen molar-refractivity contribution in [2.45, 2.75) is 19.3 Å². The lowest BCUT2D eigenvalue weighted by atomic mass is 9.97. The van der Waals surface area contributed by atoms with Crippen LogP contribution >= 0.6 is 11.6 Å². The Morgan fingerprint density at radius 2 is 2.05 bits per heavy atom. The Balaban J connectivity index is 1.88. The van der Waals surface area contributed by atoms with E-state index in [1.807, 2.05) is 42.5 Å². The smallest absolute Gasteiger partial charge is 0.170 e. The van der Waals surface area contributed by atoms with Gasteiger partial charge in [0.15, 0.2) is 5.78 Å². The van der Waals surface area contributed by atoms with Gasteiger partial charge in [0, 0.05) is 11.4 Å². The summed E-state index contributed by atoms with van der Waals surface area (Å²) in [6.07, 6.45) is 2.34. The molecule has 2 aromatic carbocycles. The van der Waals surface area contributed by atoms with Gasteiger partial charge < -0.3 is 4.74 Å². The van der Waals surface area contributed by atoms with Crippen molar-refractivity contribution in [2.24, 2.45) is 0 Å². The van der Waals surface area contributed by atoms with Crippen LogP contribution in [0, 0.1) is 0 Å². The first kappa shape index (κ1) is 13.2. The third kappa shape index (κ3) is 2.70. The largest absolute Gasteiger partial charge is 0.493 e. The third-order valence-corrected chi connectivity index (χ3v) is 3.72. The van der Waals surface area contributed by atoms with Crippen molar-refractivity contribution < 1.29 is 9.53 Å². The Morgan fingerprint density at radius 1 is 1.20 bits per heavy atom. The summed E-state index contributed by atoms with van der Waals surface area (Å²) in [5, 5.41) is 0.654. The first-order valence-corrected chi connectivity index (χ1v) is 7.14. The second-order valence-electron chi connectivity index (χ2n) is 4.98. The molecule has 0 aliphatic carbocycles. The van der Waals surface area contributed by atoms with Crippen LogP contribution in [0.3, 0.4) is 0 Å². The van der Waals surface area contributed by atoms with Crippen molar-refractivity contribution in [1.29, 1.82) is 0 Å². The van der Waals surface area contributed by atoms with E-state index in [0.717, 1.165) is 29.7 Å². The number of hydrogen-bond donors (Lipinski definition) is 0. The van der Waals surface area contributed by atoms with Crippen molar-refractivity contribution in [3.63, 3.8) is 0 Å². The van der Waals surface area contributed by atoms with Crippen molar-refractivity contribution in [2.75, 3.05) is 6.61 Å². The summed E-state index contributed by atoms with van der Waals surface area (Å²) in [5.74, 6) is 0.844. The maximum Gasteiger partial charge on any atom is 0.170 e. The highest BCUT2D eigenvalue weighted by atomic mass is 35.5. The monoisotopic (exact) mass is 286 g/mol. The molecule has 1 heterocycles. The lowest BCUT2D eigenvalue weighted by Gasteiger charge is -2.19. The number of benzene rings is 2. The Kier molecular flexibility index (Phi) is 3.75. The quantitative estimate of drug-likeness (QED) is 0.795. The van der Waals surface area contributed by atoms with E-state index in [-0.39, 0.29) is 5.78 Å². The molecule has 0 aromatic heterocycles. The molecule has 0 saturated heterocycles. The van der Waals surface area contributed by atoms with Gasteiger partial charge in [0.2, 0.25) is 0 Å². The molecule has 0 radical (unpaired) electrons. The molecule has 0 amide bonds.